The number of carboxylic acids is 3. The van der Waals surface area contributed by atoms with Gasteiger partial charge in [-0.1, -0.05) is 23.7 Å². The summed E-state index contributed by atoms with van der Waals surface area (Å²) in [7, 11) is 0. The number of benzene rings is 3. The standard InChI is InChI=1S/C23H14ClN7.3C2HF3O2/c24-14-5-7-16-20(10-14)29-23(21-12-25-18-3-1-2-4-19(18)28-21)30-22(16)27-15-6-8-17-13(9-15)11-26-31-17;3*3-2(4,5)1(6)7/h1-12H,(H,26,31)(H,27,29,30);3*(H,6,7). The summed E-state index contributed by atoms with van der Waals surface area (Å²) in [6.45, 7) is 0. The van der Waals surface area contributed by atoms with Gasteiger partial charge in [-0.25, -0.2) is 29.3 Å². The van der Waals surface area contributed by atoms with E-state index < -0.39 is 36.4 Å². The molecule has 0 fully saturated rings. The van der Waals surface area contributed by atoms with Crippen molar-refractivity contribution >= 4 is 73.9 Å². The van der Waals surface area contributed by atoms with Crippen molar-refractivity contribution in [3.8, 4) is 11.5 Å². The Morgan fingerprint density at radius 3 is 1.79 bits per heavy atom. The van der Waals surface area contributed by atoms with Crippen LogP contribution in [0, 0.1) is 0 Å². The SMILES string of the molecule is Clc1ccc2c(Nc3ccc4[nH]ncc4c3)nc(-c3cnc4ccccc4n3)nc2c1.O=C(O)C(F)(F)F.O=C(O)C(F)(F)F.O=C(O)C(F)(F)F. The smallest absolute Gasteiger partial charge is 0.475 e. The molecular formula is C29H17ClF9N7O6. The van der Waals surface area contributed by atoms with Crippen LogP contribution in [0.1, 0.15) is 0 Å². The first-order valence-electron chi connectivity index (χ1n) is 13.4. The summed E-state index contributed by atoms with van der Waals surface area (Å²) in [6.07, 6.45) is -11.8. The van der Waals surface area contributed by atoms with E-state index in [9.17, 15) is 39.5 Å². The molecule has 3 aromatic heterocycles. The fourth-order valence-corrected chi connectivity index (χ4v) is 3.70. The molecule has 0 unspecified atom stereocenters. The molecule has 0 atom stereocenters. The first kappa shape index (κ1) is 40.1. The summed E-state index contributed by atoms with van der Waals surface area (Å²) in [6, 6.07) is 19.2. The maximum absolute atomic E-state index is 10.6. The van der Waals surface area contributed by atoms with Gasteiger partial charge < -0.3 is 20.6 Å². The molecule has 5 N–H and O–H groups in total. The molecule has 0 bridgehead atoms. The fraction of sp³-hybridized carbons (Fsp3) is 0.103. The number of aliphatic carboxylic acids is 3. The molecule has 0 aliphatic carbocycles. The number of anilines is 2. The third-order valence-corrected chi connectivity index (χ3v) is 6.00. The Bertz CT molecular complexity index is 2170. The molecular weight excluding hydrogens is 749 g/mol. The molecule has 274 valence electrons. The number of alkyl halides is 9. The zero-order chi connectivity index (χ0) is 39.0. The number of para-hydroxylation sites is 2. The predicted molar refractivity (Wildman–Crippen MR) is 164 cm³/mol. The highest BCUT2D eigenvalue weighted by Crippen LogP contribution is 2.30. The van der Waals surface area contributed by atoms with Crippen LogP contribution in [0.25, 0.3) is 44.4 Å². The third kappa shape index (κ3) is 11.4. The van der Waals surface area contributed by atoms with E-state index in [0.29, 0.717) is 22.4 Å². The van der Waals surface area contributed by atoms with Crippen molar-refractivity contribution in [1.82, 2.24) is 30.1 Å². The lowest BCUT2D eigenvalue weighted by Gasteiger charge is -2.11. The van der Waals surface area contributed by atoms with Crippen LogP contribution >= 0.6 is 11.6 Å². The summed E-state index contributed by atoms with van der Waals surface area (Å²) < 4.78 is 95.2. The number of aromatic nitrogens is 6. The van der Waals surface area contributed by atoms with Crippen molar-refractivity contribution in [2.45, 2.75) is 18.5 Å². The molecule has 13 nitrogen and oxygen atoms in total. The zero-order valence-electron chi connectivity index (χ0n) is 25.0. The highest BCUT2D eigenvalue weighted by molar-refractivity contribution is 6.31. The topological polar surface area (TPSA) is 204 Å². The minimum atomic E-state index is -5.08. The van der Waals surface area contributed by atoms with Crippen LogP contribution in [-0.4, -0.2) is 81.9 Å². The highest BCUT2D eigenvalue weighted by Gasteiger charge is 2.39. The Kier molecular flexibility index (Phi) is 12.4. The average molecular weight is 766 g/mol. The number of nitrogens with zero attached hydrogens (tertiary/aromatic N) is 5. The molecule has 0 saturated carbocycles. The quantitative estimate of drug-likeness (QED) is 0.112. The molecule has 0 aliphatic heterocycles. The van der Waals surface area contributed by atoms with Crippen molar-refractivity contribution in [1.29, 1.82) is 0 Å². The van der Waals surface area contributed by atoms with Gasteiger partial charge >= 0.3 is 36.4 Å². The Balaban J connectivity index is 0.000000285. The largest absolute Gasteiger partial charge is 0.490 e. The molecule has 3 heterocycles. The second-order valence-electron chi connectivity index (χ2n) is 9.51. The maximum Gasteiger partial charge on any atom is 0.490 e. The van der Waals surface area contributed by atoms with Crippen molar-refractivity contribution in [3.63, 3.8) is 0 Å². The number of H-pyrrole nitrogens is 1. The third-order valence-electron chi connectivity index (χ3n) is 5.77. The molecule has 0 saturated heterocycles. The molecule has 52 heavy (non-hydrogen) atoms. The van der Waals surface area contributed by atoms with Crippen LogP contribution in [0.5, 0.6) is 0 Å². The van der Waals surface area contributed by atoms with Crippen LogP contribution in [-0.2, 0) is 14.4 Å². The van der Waals surface area contributed by atoms with Gasteiger partial charge in [-0.2, -0.15) is 44.6 Å². The number of carboxylic acid groups (broad SMARTS) is 3. The predicted octanol–water partition coefficient (Wildman–Crippen LogP) is 7.41. The molecule has 0 amide bonds. The van der Waals surface area contributed by atoms with E-state index in [2.05, 4.69) is 20.5 Å². The summed E-state index contributed by atoms with van der Waals surface area (Å²) in [5.74, 6) is -7.14. The lowest BCUT2D eigenvalue weighted by Crippen LogP contribution is -2.21. The monoisotopic (exact) mass is 765 g/mol. The van der Waals surface area contributed by atoms with Gasteiger partial charge in [-0.05, 0) is 48.5 Å². The van der Waals surface area contributed by atoms with Crippen LogP contribution in [0.2, 0.25) is 5.02 Å². The Morgan fingerprint density at radius 2 is 1.23 bits per heavy atom. The number of hydrogen-bond acceptors (Lipinski definition) is 9. The Hall–Kier alpha value is -6.32. The van der Waals surface area contributed by atoms with Gasteiger partial charge in [0.1, 0.15) is 11.5 Å². The van der Waals surface area contributed by atoms with Crippen LogP contribution in [0.15, 0.2) is 73.1 Å². The van der Waals surface area contributed by atoms with Crippen LogP contribution < -0.4 is 5.32 Å². The van der Waals surface area contributed by atoms with Gasteiger partial charge in [0.25, 0.3) is 0 Å². The molecule has 0 radical (unpaired) electrons. The van der Waals surface area contributed by atoms with Gasteiger partial charge in [0.2, 0.25) is 0 Å². The van der Waals surface area contributed by atoms with Crippen LogP contribution in [0.3, 0.4) is 0 Å². The fourth-order valence-electron chi connectivity index (χ4n) is 3.53. The van der Waals surface area contributed by atoms with Gasteiger partial charge in [0.05, 0.1) is 34.5 Å². The molecule has 0 spiro atoms. The second kappa shape index (κ2) is 16.1. The van der Waals surface area contributed by atoms with Crippen molar-refractivity contribution in [2.75, 3.05) is 5.32 Å². The minimum absolute atomic E-state index is 0.472. The van der Waals surface area contributed by atoms with Crippen molar-refractivity contribution in [3.05, 3.63) is 78.1 Å². The van der Waals surface area contributed by atoms with E-state index in [1.165, 1.54) is 0 Å². The molecule has 0 aliphatic rings. The number of nitrogens with one attached hydrogen (secondary N) is 2. The number of halogens is 10. The van der Waals surface area contributed by atoms with E-state index in [1.54, 1.807) is 12.4 Å². The van der Waals surface area contributed by atoms with Crippen molar-refractivity contribution in [2.24, 2.45) is 0 Å². The number of aromatic amines is 1. The molecule has 6 rings (SSSR count). The van der Waals surface area contributed by atoms with Gasteiger partial charge in [-0.3, -0.25) is 10.1 Å². The van der Waals surface area contributed by atoms with E-state index in [1.807, 2.05) is 60.7 Å². The van der Waals surface area contributed by atoms with Crippen LogP contribution in [0.4, 0.5) is 51.0 Å². The molecule has 23 heteroatoms. The lowest BCUT2D eigenvalue weighted by molar-refractivity contribution is -0.193. The summed E-state index contributed by atoms with van der Waals surface area (Å²) in [5.41, 5.74) is 4.78. The van der Waals surface area contributed by atoms with Gasteiger partial charge in [-0.15, -0.1) is 0 Å². The highest BCUT2D eigenvalue weighted by atomic mass is 35.5. The zero-order valence-corrected chi connectivity index (χ0v) is 25.8. The second-order valence-corrected chi connectivity index (χ2v) is 9.94. The number of hydrogen-bond donors (Lipinski definition) is 5. The lowest BCUT2D eigenvalue weighted by atomic mass is 10.2. The number of carbonyl (C=O) groups is 3. The number of rotatable bonds is 3. The first-order valence-corrected chi connectivity index (χ1v) is 13.7. The van der Waals surface area contributed by atoms with Gasteiger partial charge in [0.15, 0.2) is 5.82 Å². The molecule has 3 aromatic carbocycles. The normalized spacial score (nSPS) is 11.3. The summed E-state index contributed by atoms with van der Waals surface area (Å²) in [5, 5.41) is 34.3. The van der Waals surface area contributed by atoms with E-state index in [0.717, 1.165) is 38.5 Å². The Morgan fingerprint density at radius 1 is 0.673 bits per heavy atom. The van der Waals surface area contributed by atoms with E-state index in [-0.39, 0.29) is 0 Å². The summed E-state index contributed by atoms with van der Waals surface area (Å²) in [4.78, 5) is 45.4. The Labute approximate surface area is 286 Å². The van der Waals surface area contributed by atoms with Crippen molar-refractivity contribution < 1.29 is 69.2 Å². The van der Waals surface area contributed by atoms with E-state index >= 15 is 0 Å². The average Bonchev–Trinajstić information content (AvgIpc) is 3.52. The number of fused-ring (bicyclic) bond motifs is 3. The molecule has 6 aromatic rings. The van der Waals surface area contributed by atoms with Gasteiger partial charge in [0, 0.05) is 21.5 Å². The minimum Gasteiger partial charge on any atom is -0.475 e. The maximum atomic E-state index is 10.6. The van der Waals surface area contributed by atoms with E-state index in [4.69, 9.17) is 56.3 Å². The first-order chi connectivity index (χ1) is 24.1. The summed E-state index contributed by atoms with van der Waals surface area (Å²) >= 11 is 6.24.